The molecule has 2 aliphatic heterocycles. The molecule has 2 saturated heterocycles. The first kappa shape index (κ1) is 64.6. The summed E-state index contributed by atoms with van der Waals surface area (Å²) in [5.41, 5.74) is 4.22. The maximum atomic E-state index is 12.8. The Kier molecular flexibility index (Phi) is 26.2. The fraction of sp³-hybridized carbons (Fsp3) is 0.786. The highest BCUT2D eigenvalue weighted by Crippen LogP contribution is 2.61. The summed E-state index contributed by atoms with van der Waals surface area (Å²) in [7, 11) is -16.5. The van der Waals surface area contributed by atoms with E-state index in [0.717, 1.165) is 86.8 Å². The molecule has 2 aromatic heterocycles. The molecule has 4 rings (SSSR count). The van der Waals surface area contributed by atoms with E-state index in [0.29, 0.717) is 19.4 Å². The Bertz CT molecular complexity index is 2310. The predicted octanol–water partition coefficient (Wildman–Crippen LogP) is 1.79. The Morgan fingerprint density at radius 2 is 1.51 bits per heavy atom. The second kappa shape index (κ2) is 30.4. The van der Waals surface area contributed by atoms with Crippen LogP contribution in [0.3, 0.4) is 0 Å². The van der Waals surface area contributed by atoms with E-state index < -0.39 is 103 Å². The Labute approximate surface area is 437 Å². The smallest absolute Gasteiger partial charge is 0.390 e. The normalized spacial score (nSPS) is 24.4. The molecule has 0 saturated carbocycles. The lowest BCUT2D eigenvalue weighted by Gasteiger charge is -2.35. The zero-order valence-corrected chi connectivity index (χ0v) is 45.4. The Balaban J connectivity index is 1.02. The molecule has 428 valence electrons. The third-order valence-electron chi connectivity index (χ3n) is 11.9. The molecule has 75 heavy (non-hydrogen) atoms. The van der Waals surface area contributed by atoms with Gasteiger partial charge in [-0.3, -0.25) is 37.3 Å². The van der Waals surface area contributed by atoms with Crippen molar-refractivity contribution in [2.75, 3.05) is 44.4 Å². The lowest BCUT2D eigenvalue weighted by molar-refractivity contribution is -0.261. The van der Waals surface area contributed by atoms with Gasteiger partial charge in [0.2, 0.25) is 11.8 Å². The number of fused-ring (bicyclic) bond motifs is 1. The number of aromatic nitrogens is 4. The second-order valence-corrected chi connectivity index (χ2v) is 24.1. The number of nitrogens with one attached hydrogen (secondary N) is 2. The summed E-state index contributed by atoms with van der Waals surface area (Å²) in [6.45, 7) is 2.51. The van der Waals surface area contributed by atoms with Crippen LogP contribution in [0.15, 0.2) is 12.7 Å². The van der Waals surface area contributed by atoms with Crippen molar-refractivity contribution in [1.29, 1.82) is 0 Å². The number of ether oxygens (including phenoxy) is 3. The molecule has 2 aliphatic rings. The number of nitrogen functional groups attached to an aromatic ring is 1. The van der Waals surface area contributed by atoms with Crippen LogP contribution in [0.4, 0.5) is 5.82 Å². The maximum absolute atomic E-state index is 12.8. The highest BCUT2D eigenvalue weighted by molar-refractivity contribution is 8.13. The highest BCUT2D eigenvalue weighted by Gasteiger charge is 2.50. The number of nitrogens with zero attached hydrogens (tertiary/aromatic N) is 4. The van der Waals surface area contributed by atoms with Crippen molar-refractivity contribution in [2.24, 2.45) is 5.41 Å². The van der Waals surface area contributed by atoms with Crippen molar-refractivity contribution >= 4 is 74.9 Å². The number of phosphoric acid groups is 3. The number of thioether (sulfide) groups is 1. The molecule has 12 N–H and O–H groups in total. The topological polar surface area (TPSA) is 440 Å². The van der Waals surface area contributed by atoms with Crippen LogP contribution >= 0.6 is 35.2 Å². The van der Waals surface area contributed by atoms with E-state index in [4.69, 9.17) is 29.0 Å². The number of unbranched alkanes of at least 4 members (excludes halogenated alkanes) is 9. The quantitative estimate of drug-likeness (QED) is 0.0266. The number of nitrogens with two attached hydrogens (primary N) is 1. The summed E-state index contributed by atoms with van der Waals surface area (Å²) in [6, 6.07) is 0. The van der Waals surface area contributed by atoms with E-state index in [1.165, 1.54) is 13.8 Å². The number of aliphatic hydroxyl groups excluding tert-OH is 4. The Hall–Kier alpha value is -2.93. The average Bonchev–Trinajstić information content (AvgIpc) is 3.88. The van der Waals surface area contributed by atoms with Gasteiger partial charge in [0.15, 0.2) is 29.1 Å². The summed E-state index contributed by atoms with van der Waals surface area (Å²) < 4.78 is 73.6. The van der Waals surface area contributed by atoms with Crippen LogP contribution < -0.4 is 16.4 Å². The molecule has 2 aromatic rings. The van der Waals surface area contributed by atoms with Gasteiger partial charge in [-0.05, 0) is 19.8 Å². The van der Waals surface area contributed by atoms with Crippen LogP contribution in [-0.2, 0) is 65.0 Å². The number of carbonyl (C=O) groups is 4. The summed E-state index contributed by atoms with van der Waals surface area (Å²) in [5.74, 6) is -1.50. The third kappa shape index (κ3) is 22.4. The number of anilines is 1. The van der Waals surface area contributed by atoms with Crippen molar-refractivity contribution in [1.82, 2.24) is 30.2 Å². The van der Waals surface area contributed by atoms with E-state index in [1.807, 2.05) is 0 Å². The first-order valence-corrected chi connectivity index (χ1v) is 29.9. The molecule has 0 bridgehead atoms. The molecule has 0 spiro atoms. The Morgan fingerprint density at radius 1 is 0.867 bits per heavy atom. The van der Waals surface area contributed by atoms with Crippen LogP contribution in [0.5, 0.6) is 0 Å². The molecule has 2 fully saturated rings. The number of rotatable bonds is 35. The van der Waals surface area contributed by atoms with E-state index in [1.54, 1.807) is 6.92 Å². The van der Waals surface area contributed by atoms with Crippen LogP contribution in [0, 0.1) is 5.41 Å². The van der Waals surface area contributed by atoms with Gasteiger partial charge in [-0.2, -0.15) is 4.31 Å². The first-order chi connectivity index (χ1) is 35.2. The summed E-state index contributed by atoms with van der Waals surface area (Å²) in [6.07, 6.45) is 0.675. The molecule has 29 nitrogen and oxygen atoms in total. The predicted molar refractivity (Wildman–Crippen MR) is 264 cm³/mol. The summed E-state index contributed by atoms with van der Waals surface area (Å²) in [5, 5.41) is 45.9. The number of amides is 2. The van der Waals surface area contributed by atoms with Crippen LogP contribution in [0.1, 0.15) is 117 Å². The van der Waals surface area contributed by atoms with Gasteiger partial charge in [0.1, 0.15) is 48.1 Å². The minimum Gasteiger partial charge on any atom is -0.390 e. The monoisotopic (exact) mass is 1150 g/mol. The average molecular weight is 1150 g/mol. The minimum atomic E-state index is -5.60. The van der Waals surface area contributed by atoms with Crippen LogP contribution in [0.2, 0.25) is 0 Å². The lowest BCUT2D eigenvalue weighted by atomic mass is 9.87. The molecule has 0 aliphatic carbocycles. The molecule has 0 radical (unpaired) electrons. The molecule has 2 amide bonds. The first-order valence-electron chi connectivity index (χ1n) is 24.4. The van der Waals surface area contributed by atoms with Gasteiger partial charge in [-0.1, -0.05) is 77.0 Å². The van der Waals surface area contributed by atoms with Gasteiger partial charge in [0.25, 0.3) is 0 Å². The van der Waals surface area contributed by atoms with Crippen molar-refractivity contribution in [2.45, 2.75) is 166 Å². The van der Waals surface area contributed by atoms with E-state index in [2.05, 4.69) is 34.4 Å². The largest absolute Gasteiger partial charge is 0.481 e. The number of phosphoric ester groups is 3. The number of hydrogen-bond donors (Lipinski definition) is 11. The fourth-order valence-corrected chi connectivity index (χ4v) is 11.3. The Morgan fingerprint density at radius 3 is 2.17 bits per heavy atom. The van der Waals surface area contributed by atoms with E-state index >= 15 is 0 Å². The number of hydrogen-bond acceptors (Lipinski definition) is 23. The molecule has 0 aromatic carbocycles. The van der Waals surface area contributed by atoms with E-state index in [9.17, 15) is 72.9 Å². The molecule has 2 unspecified atom stereocenters. The van der Waals surface area contributed by atoms with Gasteiger partial charge in [-0.25, -0.2) is 28.6 Å². The zero-order valence-electron chi connectivity index (χ0n) is 41.9. The van der Waals surface area contributed by atoms with Crippen molar-refractivity contribution in [3.8, 4) is 0 Å². The molecule has 33 heteroatoms. The van der Waals surface area contributed by atoms with Gasteiger partial charge in [-0.15, -0.1) is 0 Å². The van der Waals surface area contributed by atoms with Gasteiger partial charge >= 0.3 is 23.5 Å². The molecular weight excluding hydrogens is 1080 g/mol. The molecular formula is C42H72N7O22P3S. The summed E-state index contributed by atoms with van der Waals surface area (Å²) >= 11 is 0.914. The SMILES string of the molecule is C[C@@H]1O[C@@H](OCCCCCCCCCCCCC(=O)CC(=O)SCCNC(=O)CCNC(=O)[C@H](O)C(C)(C)COP(=O)(O)OP(=O)(O)OC[C@H]2O[C@@H](n3cnc4c(N)ncnc43)[C@H](O)[C@@H]2OP(=O)(O)O)[C@H](O)C[C@H]1O. The number of Topliss-reactive ketones (excluding diaryl/α,β-unsaturated/α-hetero) is 1. The van der Waals surface area contributed by atoms with Gasteiger partial charge in [0, 0.05) is 50.1 Å². The molecule has 4 heterocycles. The van der Waals surface area contributed by atoms with Gasteiger partial charge in [0.05, 0.1) is 38.2 Å². The molecule has 11 atom stereocenters. The van der Waals surface area contributed by atoms with E-state index in [-0.39, 0.29) is 72.1 Å². The van der Waals surface area contributed by atoms with Gasteiger partial charge < -0.3 is 70.6 Å². The number of aliphatic hydroxyl groups is 4. The second-order valence-electron chi connectivity index (χ2n) is 18.7. The maximum Gasteiger partial charge on any atom is 0.481 e. The van der Waals surface area contributed by atoms with Crippen LogP contribution in [0.25, 0.3) is 11.2 Å². The zero-order chi connectivity index (χ0) is 55.6. The standard InChI is InChI=1S/C42H72N7O22P3S/c1-26-28(51)21-29(52)41(68-26)65-18-13-11-9-7-5-4-6-8-10-12-14-27(50)20-32(54)75-19-17-44-31(53)15-16-45-39(57)36(56)42(2,3)23-67-74(63,64)71-73(61,62)66-22-30-35(70-72(58,59)60)34(55)40(69-30)49-25-48-33-37(43)46-24-47-38(33)49/h24-26,28-30,34-36,40-41,51-52,55-56H,4-23H2,1-3H3,(H,44,53)(H,45,57)(H,61,62)(H,63,64)(H2,43,46,47)(H2,58,59,60)/t26-,28+,29+,30+,34+,35+,36-,40+,41+/m0/s1. The van der Waals surface area contributed by atoms with Crippen molar-refractivity contribution in [3.05, 3.63) is 12.7 Å². The number of carbonyl (C=O) groups excluding carboxylic acids is 4. The summed E-state index contributed by atoms with van der Waals surface area (Å²) in [4.78, 5) is 101. The van der Waals surface area contributed by atoms with Crippen molar-refractivity contribution < 1.29 is 105 Å². The van der Waals surface area contributed by atoms with Crippen molar-refractivity contribution in [3.63, 3.8) is 0 Å². The highest BCUT2D eigenvalue weighted by atomic mass is 32.2. The lowest BCUT2D eigenvalue weighted by Crippen LogP contribution is -2.47. The number of imidazole rings is 1. The number of ketones is 1. The fourth-order valence-electron chi connectivity index (χ4n) is 7.73. The van der Waals surface area contributed by atoms with Crippen LogP contribution in [-0.4, -0.2) is 170 Å². The third-order valence-corrected chi connectivity index (χ3v) is 15.9. The minimum absolute atomic E-state index is 0.0201.